The van der Waals surface area contributed by atoms with Gasteiger partial charge in [-0.25, -0.2) is 4.79 Å². The minimum absolute atomic E-state index is 0.0358. The van der Waals surface area contributed by atoms with Gasteiger partial charge in [0.15, 0.2) is 0 Å². The van der Waals surface area contributed by atoms with E-state index in [9.17, 15) is 4.79 Å². The van der Waals surface area contributed by atoms with Gasteiger partial charge in [-0.3, -0.25) is 4.57 Å². The van der Waals surface area contributed by atoms with Crippen LogP contribution >= 0.6 is 11.6 Å². The Morgan fingerprint density at radius 1 is 1.25 bits per heavy atom. The van der Waals surface area contributed by atoms with Crippen LogP contribution in [0.1, 0.15) is 5.69 Å². The molecule has 0 bridgehead atoms. The molecule has 84 valence electrons. The summed E-state index contributed by atoms with van der Waals surface area (Å²) in [6.45, 7) is 0. The second kappa shape index (κ2) is 4.58. The monoisotopic (exact) mass is 236 g/mol. The summed E-state index contributed by atoms with van der Waals surface area (Å²) < 4.78 is 3.28. The highest BCUT2D eigenvalue weighted by Crippen LogP contribution is 2.09. The van der Waals surface area contributed by atoms with Crippen LogP contribution < -0.4 is 5.69 Å². The zero-order valence-corrected chi connectivity index (χ0v) is 9.81. The van der Waals surface area contributed by atoms with Crippen molar-refractivity contribution in [2.45, 2.75) is 6.42 Å². The number of aromatic nitrogens is 2. The van der Waals surface area contributed by atoms with E-state index in [4.69, 9.17) is 11.6 Å². The van der Waals surface area contributed by atoms with Crippen LogP contribution in [-0.2, 0) is 13.5 Å². The van der Waals surface area contributed by atoms with Crippen molar-refractivity contribution in [3.63, 3.8) is 0 Å². The molecule has 16 heavy (non-hydrogen) atoms. The molecule has 0 fully saturated rings. The van der Waals surface area contributed by atoms with E-state index in [-0.39, 0.29) is 5.69 Å². The first kappa shape index (κ1) is 11.0. The number of para-hydroxylation sites is 1. The van der Waals surface area contributed by atoms with Crippen LogP contribution in [0.5, 0.6) is 0 Å². The topological polar surface area (TPSA) is 26.9 Å². The van der Waals surface area contributed by atoms with Crippen LogP contribution in [0.15, 0.2) is 41.3 Å². The van der Waals surface area contributed by atoms with Crippen LogP contribution in [-0.4, -0.2) is 15.0 Å². The first-order valence-corrected chi connectivity index (χ1v) is 5.66. The zero-order valence-electron chi connectivity index (χ0n) is 9.06. The van der Waals surface area contributed by atoms with E-state index in [0.29, 0.717) is 12.3 Å². The summed E-state index contributed by atoms with van der Waals surface area (Å²) in [5.41, 5.74) is 1.79. The molecule has 0 radical (unpaired) electrons. The molecule has 0 atom stereocenters. The van der Waals surface area contributed by atoms with Gasteiger partial charge in [0.2, 0.25) is 0 Å². The van der Waals surface area contributed by atoms with Gasteiger partial charge in [0.05, 0.1) is 5.69 Å². The summed E-state index contributed by atoms with van der Waals surface area (Å²) in [7, 11) is 1.75. The molecule has 0 spiro atoms. The van der Waals surface area contributed by atoms with Gasteiger partial charge in [-0.05, 0) is 12.1 Å². The highest BCUT2D eigenvalue weighted by molar-refractivity contribution is 6.17. The summed E-state index contributed by atoms with van der Waals surface area (Å²) in [6, 6.07) is 9.59. The molecule has 0 saturated carbocycles. The Morgan fingerprint density at radius 2 is 1.94 bits per heavy atom. The fraction of sp³-hybridized carbons (Fsp3) is 0.250. The minimum atomic E-state index is -0.0358. The highest BCUT2D eigenvalue weighted by Gasteiger charge is 2.09. The SMILES string of the molecule is Cn1cc(CCCl)n(-c2ccccc2)c1=O. The summed E-state index contributed by atoms with van der Waals surface area (Å²) in [5.74, 6) is 0.510. The Hall–Kier alpha value is -1.48. The maximum Gasteiger partial charge on any atom is 0.332 e. The Kier molecular flexibility index (Phi) is 3.15. The second-order valence-corrected chi connectivity index (χ2v) is 4.00. The molecule has 2 rings (SSSR count). The van der Waals surface area contributed by atoms with Gasteiger partial charge in [0.25, 0.3) is 0 Å². The predicted octanol–water partition coefficient (Wildman–Crippen LogP) is 1.96. The molecule has 0 unspecified atom stereocenters. The van der Waals surface area contributed by atoms with E-state index >= 15 is 0 Å². The van der Waals surface area contributed by atoms with E-state index in [0.717, 1.165) is 11.4 Å². The Labute approximate surface area is 98.9 Å². The summed E-state index contributed by atoms with van der Waals surface area (Å²) in [6.07, 6.45) is 2.52. The van der Waals surface area contributed by atoms with E-state index < -0.39 is 0 Å². The molecule has 4 heteroatoms. The van der Waals surface area contributed by atoms with Crippen LogP contribution in [0.25, 0.3) is 5.69 Å². The lowest BCUT2D eigenvalue weighted by molar-refractivity contribution is 0.816. The fourth-order valence-corrected chi connectivity index (χ4v) is 1.94. The summed E-state index contributed by atoms with van der Waals surface area (Å²) in [4.78, 5) is 11.9. The number of rotatable bonds is 3. The third kappa shape index (κ3) is 1.91. The van der Waals surface area contributed by atoms with Crippen molar-refractivity contribution < 1.29 is 0 Å². The molecule has 2 aromatic rings. The van der Waals surface area contributed by atoms with Crippen molar-refractivity contribution >= 4 is 11.6 Å². The average molecular weight is 237 g/mol. The average Bonchev–Trinajstić information content (AvgIpc) is 2.57. The molecule has 1 aromatic carbocycles. The van der Waals surface area contributed by atoms with E-state index in [1.807, 2.05) is 36.5 Å². The number of hydrogen-bond acceptors (Lipinski definition) is 1. The fourth-order valence-electron chi connectivity index (χ4n) is 1.74. The molecular formula is C12H13ClN2O. The molecule has 0 amide bonds. The minimum Gasteiger partial charge on any atom is -0.302 e. The normalized spacial score (nSPS) is 10.6. The summed E-state index contributed by atoms with van der Waals surface area (Å²) in [5, 5.41) is 0. The van der Waals surface area contributed by atoms with Gasteiger partial charge >= 0.3 is 5.69 Å². The van der Waals surface area contributed by atoms with Gasteiger partial charge in [-0.15, -0.1) is 11.6 Å². The Bertz CT molecular complexity index is 528. The molecule has 0 N–H and O–H groups in total. The number of imidazole rings is 1. The van der Waals surface area contributed by atoms with Crippen LogP contribution in [0.2, 0.25) is 0 Å². The van der Waals surface area contributed by atoms with Crippen molar-refractivity contribution in [2.75, 3.05) is 5.88 Å². The number of aryl methyl sites for hydroxylation is 2. The molecule has 0 aliphatic heterocycles. The third-order valence-electron chi connectivity index (χ3n) is 2.49. The molecule has 0 aliphatic rings. The largest absolute Gasteiger partial charge is 0.332 e. The summed E-state index contributed by atoms with van der Waals surface area (Å²) >= 11 is 5.73. The van der Waals surface area contributed by atoms with Crippen molar-refractivity contribution in [2.24, 2.45) is 7.05 Å². The van der Waals surface area contributed by atoms with E-state index in [1.165, 1.54) is 0 Å². The van der Waals surface area contributed by atoms with Gasteiger partial charge in [-0.1, -0.05) is 18.2 Å². The van der Waals surface area contributed by atoms with Gasteiger partial charge in [0.1, 0.15) is 0 Å². The molecular weight excluding hydrogens is 224 g/mol. The first-order valence-electron chi connectivity index (χ1n) is 5.12. The molecule has 1 aromatic heterocycles. The highest BCUT2D eigenvalue weighted by atomic mass is 35.5. The Balaban J connectivity index is 2.59. The maximum atomic E-state index is 11.9. The van der Waals surface area contributed by atoms with Crippen molar-refractivity contribution in [1.82, 2.24) is 9.13 Å². The predicted molar refractivity (Wildman–Crippen MR) is 65.4 cm³/mol. The number of hydrogen-bond donors (Lipinski definition) is 0. The number of alkyl halides is 1. The van der Waals surface area contributed by atoms with E-state index in [1.54, 1.807) is 16.2 Å². The van der Waals surface area contributed by atoms with Crippen molar-refractivity contribution in [3.8, 4) is 5.69 Å². The van der Waals surface area contributed by atoms with E-state index in [2.05, 4.69) is 0 Å². The number of halogens is 1. The molecule has 1 heterocycles. The number of benzene rings is 1. The lowest BCUT2D eigenvalue weighted by atomic mass is 10.3. The van der Waals surface area contributed by atoms with Crippen LogP contribution in [0.3, 0.4) is 0 Å². The van der Waals surface area contributed by atoms with Gasteiger partial charge < -0.3 is 4.57 Å². The van der Waals surface area contributed by atoms with Crippen LogP contribution in [0.4, 0.5) is 0 Å². The second-order valence-electron chi connectivity index (χ2n) is 3.62. The standard InChI is InChI=1S/C12H13ClN2O/c1-14-9-11(7-8-13)15(12(14)16)10-5-3-2-4-6-10/h2-6,9H,7-8H2,1H3. The molecule has 0 aliphatic carbocycles. The van der Waals surface area contributed by atoms with Crippen LogP contribution in [0, 0.1) is 0 Å². The van der Waals surface area contributed by atoms with Gasteiger partial charge in [-0.2, -0.15) is 0 Å². The van der Waals surface area contributed by atoms with Gasteiger partial charge in [0, 0.05) is 31.2 Å². The lowest BCUT2D eigenvalue weighted by Crippen LogP contribution is -2.21. The quantitative estimate of drug-likeness (QED) is 0.749. The smallest absolute Gasteiger partial charge is 0.302 e. The molecule has 0 saturated heterocycles. The third-order valence-corrected chi connectivity index (χ3v) is 2.68. The van der Waals surface area contributed by atoms with Crippen molar-refractivity contribution in [3.05, 3.63) is 52.7 Å². The maximum absolute atomic E-state index is 11.9. The first-order chi connectivity index (χ1) is 7.74. The van der Waals surface area contributed by atoms with Crippen molar-refractivity contribution in [1.29, 1.82) is 0 Å². The lowest BCUT2D eigenvalue weighted by Gasteiger charge is -2.05. The zero-order chi connectivity index (χ0) is 11.5. The number of nitrogens with zero attached hydrogens (tertiary/aromatic N) is 2. The molecule has 3 nitrogen and oxygen atoms in total. The Morgan fingerprint density at radius 3 is 2.56 bits per heavy atom.